The van der Waals surface area contributed by atoms with Gasteiger partial charge in [0.25, 0.3) is 0 Å². The summed E-state index contributed by atoms with van der Waals surface area (Å²) in [5.41, 5.74) is 1.97. The number of benzene rings is 1. The highest BCUT2D eigenvalue weighted by Crippen LogP contribution is 2.40. The molecule has 1 aromatic rings. The molecule has 0 heterocycles. The number of aryl methyl sites for hydroxylation is 1. The van der Waals surface area contributed by atoms with Gasteiger partial charge >= 0.3 is 5.97 Å². The second-order valence-electron chi connectivity index (χ2n) is 5.65. The van der Waals surface area contributed by atoms with Crippen LogP contribution in [0.25, 0.3) is 0 Å². The second kappa shape index (κ2) is 6.23. The monoisotopic (exact) mass is 260 g/mol. The van der Waals surface area contributed by atoms with E-state index in [1.165, 1.54) is 12.0 Å². The summed E-state index contributed by atoms with van der Waals surface area (Å²) in [6.07, 6.45) is 6.21. The van der Waals surface area contributed by atoms with Crippen LogP contribution in [0.3, 0.4) is 0 Å². The fourth-order valence-electron chi connectivity index (χ4n) is 3.04. The normalized spacial score (nSPS) is 18.0. The molecule has 0 N–H and O–H groups in total. The van der Waals surface area contributed by atoms with Crippen molar-refractivity contribution in [2.24, 2.45) is 0 Å². The lowest BCUT2D eigenvalue weighted by Crippen LogP contribution is -2.39. The molecule has 0 radical (unpaired) electrons. The van der Waals surface area contributed by atoms with Crippen LogP contribution in [0.1, 0.15) is 56.6 Å². The highest BCUT2D eigenvalue weighted by atomic mass is 16.5. The zero-order valence-electron chi connectivity index (χ0n) is 12.1. The van der Waals surface area contributed by atoms with E-state index >= 15 is 0 Å². The predicted octanol–water partition coefficient (Wildman–Crippen LogP) is 4.15. The molecule has 0 aromatic heterocycles. The molecule has 1 aliphatic carbocycles. The maximum absolute atomic E-state index is 12.6. The molecule has 0 unspecified atom stereocenters. The largest absolute Gasteiger partial charge is 0.465 e. The highest BCUT2D eigenvalue weighted by molar-refractivity contribution is 5.83. The number of carbonyl (C=O) groups excluding carboxylic acids is 1. The van der Waals surface area contributed by atoms with Gasteiger partial charge in [0.05, 0.1) is 12.0 Å². The van der Waals surface area contributed by atoms with Gasteiger partial charge in [0.2, 0.25) is 0 Å². The molecule has 0 saturated heterocycles. The minimum atomic E-state index is -0.389. The third-order valence-electron chi connectivity index (χ3n) is 4.11. The van der Waals surface area contributed by atoms with E-state index in [2.05, 4.69) is 25.1 Å². The van der Waals surface area contributed by atoms with E-state index in [0.29, 0.717) is 6.61 Å². The van der Waals surface area contributed by atoms with E-state index in [0.717, 1.165) is 37.7 Å². The second-order valence-corrected chi connectivity index (χ2v) is 5.65. The van der Waals surface area contributed by atoms with Gasteiger partial charge in [0.15, 0.2) is 0 Å². The maximum Gasteiger partial charge on any atom is 0.316 e. The molecule has 2 nitrogen and oxygen atoms in total. The Morgan fingerprint density at radius 3 is 2.63 bits per heavy atom. The van der Waals surface area contributed by atoms with Crippen molar-refractivity contribution in [2.75, 3.05) is 6.61 Å². The standard InChI is InChI=1S/C17H24O2/c1-3-12-19-16(18)17(10-5-4-6-11-17)15-9-7-8-14(2)13-15/h7-9,13H,3-6,10-12H2,1-2H3. The zero-order chi connectivity index (χ0) is 13.7. The van der Waals surface area contributed by atoms with Gasteiger partial charge in [0, 0.05) is 0 Å². The fourth-order valence-corrected chi connectivity index (χ4v) is 3.04. The Hall–Kier alpha value is -1.31. The Morgan fingerprint density at radius 1 is 1.26 bits per heavy atom. The lowest BCUT2D eigenvalue weighted by molar-refractivity contribution is -0.152. The lowest BCUT2D eigenvalue weighted by Gasteiger charge is -2.35. The molecule has 2 rings (SSSR count). The lowest BCUT2D eigenvalue weighted by atomic mass is 9.69. The van der Waals surface area contributed by atoms with E-state index in [-0.39, 0.29) is 11.4 Å². The van der Waals surface area contributed by atoms with Crippen LogP contribution < -0.4 is 0 Å². The molecule has 0 amide bonds. The van der Waals surface area contributed by atoms with Crippen molar-refractivity contribution >= 4 is 5.97 Å². The summed E-state index contributed by atoms with van der Waals surface area (Å²) in [6, 6.07) is 8.37. The molecule has 1 aliphatic rings. The van der Waals surface area contributed by atoms with E-state index in [1.807, 2.05) is 13.0 Å². The van der Waals surface area contributed by atoms with Crippen molar-refractivity contribution in [3.8, 4) is 0 Å². The molecule has 104 valence electrons. The molecule has 1 saturated carbocycles. The number of hydrogen-bond acceptors (Lipinski definition) is 2. The van der Waals surface area contributed by atoms with Crippen molar-refractivity contribution in [1.82, 2.24) is 0 Å². The van der Waals surface area contributed by atoms with E-state index in [4.69, 9.17) is 4.74 Å². The zero-order valence-corrected chi connectivity index (χ0v) is 12.1. The Morgan fingerprint density at radius 2 is 2.00 bits per heavy atom. The summed E-state index contributed by atoms with van der Waals surface area (Å²) in [4.78, 5) is 12.6. The van der Waals surface area contributed by atoms with Gasteiger partial charge in [0.1, 0.15) is 0 Å². The number of ether oxygens (including phenoxy) is 1. The molecule has 0 spiro atoms. The summed E-state index contributed by atoms with van der Waals surface area (Å²) < 4.78 is 5.49. The first-order chi connectivity index (χ1) is 9.19. The average molecular weight is 260 g/mol. The fraction of sp³-hybridized carbons (Fsp3) is 0.588. The summed E-state index contributed by atoms with van der Waals surface area (Å²) in [5, 5.41) is 0. The van der Waals surface area contributed by atoms with E-state index < -0.39 is 0 Å². The minimum Gasteiger partial charge on any atom is -0.465 e. The number of esters is 1. The van der Waals surface area contributed by atoms with Crippen LogP contribution >= 0.6 is 0 Å². The van der Waals surface area contributed by atoms with Crippen LogP contribution in [0.15, 0.2) is 24.3 Å². The summed E-state index contributed by atoms with van der Waals surface area (Å²) >= 11 is 0. The van der Waals surface area contributed by atoms with Crippen LogP contribution in [0.2, 0.25) is 0 Å². The molecule has 2 heteroatoms. The van der Waals surface area contributed by atoms with Gasteiger partial charge in [-0.1, -0.05) is 56.0 Å². The van der Waals surface area contributed by atoms with Gasteiger partial charge in [-0.15, -0.1) is 0 Å². The number of rotatable bonds is 4. The van der Waals surface area contributed by atoms with Crippen LogP contribution in [0.4, 0.5) is 0 Å². The highest BCUT2D eigenvalue weighted by Gasteiger charge is 2.42. The molecular formula is C17H24O2. The molecular weight excluding hydrogens is 236 g/mol. The molecule has 0 aliphatic heterocycles. The first-order valence-electron chi connectivity index (χ1n) is 7.43. The Labute approximate surface area is 116 Å². The third-order valence-corrected chi connectivity index (χ3v) is 4.11. The summed E-state index contributed by atoms with van der Waals surface area (Å²) in [5.74, 6) is -0.0142. The molecule has 1 aromatic carbocycles. The predicted molar refractivity (Wildman–Crippen MR) is 77.2 cm³/mol. The topological polar surface area (TPSA) is 26.3 Å². The maximum atomic E-state index is 12.6. The van der Waals surface area contributed by atoms with Crippen molar-refractivity contribution in [1.29, 1.82) is 0 Å². The summed E-state index contributed by atoms with van der Waals surface area (Å²) in [7, 11) is 0. The van der Waals surface area contributed by atoms with Crippen LogP contribution in [-0.2, 0) is 14.9 Å². The first kappa shape index (κ1) is 14.1. The smallest absolute Gasteiger partial charge is 0.316 e. The van der Waals surface area contributed by atoms with Crippen LogP contribution in [-0.4, -0.2) is 12.6 Å². The average Bonchev–Trinajstić information content (AvgIpc) is 2.45. The van der Waals surface area contributed by atoms with Gasteiger partial charge in [-0.2, -0.15) is 0 Å². The Kier molecular flexibility index (Phi) is 4.62. The van der Waals surface area contributed by atoms with Crippen molar-refractivity contribution < 1.29 is 9.53 Å². The quantitative estimate of drug-likeness (QED) is 0.760. The SMILES string of the molecule is CCCOC(=O)C1(c2cccc(C)c2)CCCCC1. The first-order valence-corrected chi connectivity index (χ1v) is 7.43. The van der Waals surface area contributed by atoms with Crippen LogP contribution in [0, 0.1) is 6.92 Å². The minimum absolute atomic E-state index is 0.0142. The van der Waals surface area contributed by atoms with Gasteiger partial charge in [-0.3, -0.25) is 4.79 Å². The van der Waals surface area contributed by atoms with Crippen molar-refractivity contribution in [3.63, 3.8) is 0 Å². The van der Waals surface area contributed by atoms with Gasteiger partial charge < -0.3 is 4.74 Å². The van der Waals surface area contributed by atoms with Gasteiger partial charge in [-0.25, -0.2) is 0 Å². The molecule has 0 atom stereocenters. The number of hydrogen-bond donors (Lipinski definition) is 0. The molecule has 1 fully saturated rings. The van der Waals surface area contributed by atoms with E-state index in [9.17, 15) is 4.79 Å². The summed E-state index contributed by atoms with van der Waals surface area (Å²) in [6.45, 7) is 4.65. The number of carbonyl (C=O) groups is 1. The molecule has 19 heavy (non-hydrogen) atoms. The van der Waals surface area contributed by atoms with Gasteiger partial charge in [-0.05, 0) is 31.7 Å². The molecule has 0 bridgehead atoms. The Balaban J connectivity index is 2.31. The third kappa shape index (κ3) is 2.99. The van der Waals surface area contributed by atoms with Crippen molar-refractivity contribution in [2.45, 2.75) is 57.8 Å². The van der Waals surface area contributed by atoms with Crippen LogP contribution in [0.5, 0.6) is 0 Å². The van der Waals surface area contributed by atoms with Crippen molar-refractivity contribution in [3.05, 3.63) is 35.4 Å². The Bertz CT molecular complexity index is 431. The van der Waals surface area contributed by atoms with E-state index in [1.54, 1.807) is 0 Å².